The Morgan fingerprint density at radius 3 is 2.38 bits per heavy atom. The van der Waals surface area contributed by atoms with E-state index >= 15 is 0 Å². The van der Waals surface area contributed by atoms with E-state index in [4.69, 9.17) is 0 Å². The first-order valence-electron chi connectivity index (χ1n) is 5.95. The normalized spacial score (nSPS) is 24.4. The van der Waals surface area contributed by atoms with E-state index in [-0.39, 0.29) is 6.04 Å². The molecule has 0 radical (unpaired) electrons. The first-order chi connectivity index (χ1) is 7.27. The molecule has 0 amide bonds. The molecule has 96 valence electrons. The van der Waals surface area contributed by atoms with Crippen LogP contribution < -0.4 is 5.32 Å². The first-order valence-corrected chi connectivity index (χ1v) is 7.39. The summed E-state index contributed by atoms with van der Waals surface area (Å²) < 4.78 is 25.4. The molecule has 1 atom stereocenters. The molecule has 0 aromatic heterocycles. The van der Waals surface area contributed by atoms with Crippen LogP contribution >= 0.6 is 0 Å². The van der Waals surface area contributed by atoms with Gasteiger partial charge in [-0.05, 0) is 53.1 Å². The Hall–Kier alpha value is -0.130. The van der Waals surface area contributed by atoms with Crippen molar-refractivity contribution in [1.29, 1.82) is 0 Å². The molecule has 16 heavy (non-hydrogen) atoms. The summed E-state index contributed by atoms with van der Waals surface area (Å²) in [5, 5.41) is 3.30. The van der Waals surface area contributed by atoms with Crippen molar-refractivity contribution in [1.82, 2.24) is 9.62 Å². The van der Waals surface area contributed by atoms with Gasteiger partial charge in [0.25, 0.3) is 0 Å². The molecule has 1 heterocycles. The van der Waals surface area contributed by atoms with Crippen LogP contribution in [0.3, 0.4) is 0 Å². The van der Waals surface area contributed by atoms with Crippen LogP contribution in [0.4, 0.5) is 0 Å². The second kappa shape index (κ2) is 5.02. The van der Waals surface area contributed by atoms with Crippen molar-refractivity contribution in [3.63, 3.8) is 0 Å². The monoisotopic (exact) mass is 248 g/mol. The molecule has 1 aliphatic rings. The minimum Gasteiger partial charge on any atom is -0.317 e. The first kappa shape index (κ1) is 13.9. The van der Waals surface area contributed by atoms with Crippen LogP contribution in [0.15, 0.2) is 0 Å². The zero-order valence-electron chi connectivity index (χ0n) is 10.8. The molecule has 1 unspecified atom stereocenters. The summed E-state index contributed by atoms with van der Waals surface area (Å²) in [6.07, 6.45) is 2.92. The molecular weight excluding hydrogens is 224 g/mol. The van der Waals surface area contributed by atoms with Gasteiger partial charge in [0.05, 0.1) is 4.75 Å². The SMILES string of the molecule is CN(C1CCCNCC1)S(=O)(=O)C(C)(C)C. The Morgan fingerprint density at radius 2 is 1.81 bits per heavy atom. The molecule has 1 rings (SSSR count). The van der Waals surface area contributed by atoms with Crippen LogP contribution in [0.5, 0.6) is 0 Å². The lowest BCUT2D eigenvalue weighted by atomic mass is 10.1. The van der Waals surface area contributed by atoms with Gasteiger partial charge in [-0.25, -0.2) is 12.7 Å². The van der Waals surface area contributed by atoms with Gasteiger partial charge >= 0.3 is 0 Å². The van der Waals surface area contributed by atoms with Crippen molar-refractivity contribution >= 4 is 10.0 Å². The highest BCUT2D eigenvalue weighted by atomic mass is 32.2. The van der Waals surface area contributed by atoms with Gasteiger partial charge in [0, 0.05) is 13.1 Å². The molecular formula is C11H24N2O2S. The summed E-state index contributed by atoms with van der Waals surface area (Å²) in [5.74, 6) is 0. The third-order valence-corrected chi connectivity index (χ3v) is 5.82. The van der Waals surface area contributed by atoms with Crippen LogP contribution in [-0.2, 0) is 10.0 Å². The van der Waals surface area contributed by atoms with Crippen molar-refractivity contribution in [2.45, 2.75) is 50.8 Å². The quantitative estimate of drug-likeness (QED) is 0.798. The molecule has 1 aliphatic heterocycles. The van der Waals surface area contributed by atoms with E-state index in [1.165, 1.54) is 0 Å². The van der Waals surface area contributed by atoms with Gasteiger partial charge in [0.1, 0.15) is 0 Å². The maximum absolute atomic E-state index is 12.3. The topological polar surface area (TPSA) is 49.4 Å². The van der Waals surface area contributed by atoms with Crippen LogP contribution in [0, 0.1) is 0 Å². The molecule has 5 heteroatoms. The second-order valence-electron chi connectivity index (χ2n) is 5.47. The number of rotatable bonds is 2. The van der Waals surface area contributed by atoms with E-state index in [1.807, 2.05) is 0 Å². The van der Waals surface area contributed by atoms with Gasteiger partial charge in [-0.15, -0.1) is 0 Å². The lowest BCUT2D eigenvalue weighted by Crippen LogP contribution is -2.46. The fourth-order valence-electron chi connectivity index (χ4n) is 1.99. The third-order valence-electron chi connectivity index (χ3n) is 3.21. The summed E-state index contributed by atoms with van der Waals surface area (Å²) in [4.78, 5) is 0. The number of hydrogen-bond donors (Lipinski definition) is 1. The van der Waals surface area contributed by atoms with Gasteiger partial charge < -0.3 is 5.32 Å². The van der Waals surface area contributed by atoms with Crippen LogP contribution in [-0.4, -0.2) is 43.6 Å². The molecule has 0 aliphatic carbocycles. The van der Waals surface area contributed by atoms with Gasteiger partial charge in [0.15, 0.2) is 0 Å². The van der Waals surface area contributed by atoms with Crippen molar-refractivity contribution in [3.8, 4) is 0 Å². The molecule has 0 aromatic rings. The maximum Gasteiger partial charge on any atom is 0.219 e. The summed E-state index contributed by atoms with van der Waals surface area (Å²) >= 11 is 0. The Labute approximate surface area is 99.5 Å². The lowest BCUT2D eigenvalue weighted by Gasteiger charge is -2.32. The predicted octanol–water partition coefficient (Wildman–Crippen LogP) is 1.19. The third kappa shape index (κ3) is 2.96. The molecule has 1 saturated heterocycles. The molecule has 0 saturated carbocycles. The van der Waals surface area contributed by atoms with E-state index in [1.54, 1.807) is 32.1 Å². The highest BCUT2D eigenvalue weighted by molar-refractivity contribution is 7.90. The fraction of sp³-hybridized carbons (Fsp3) is 1.00. The zero-order chi connectivity index (χ0) is 12.4. The Balaban J connectivity index is 2.80. The number of nitrogens with one attached hydrogen (secondary N) is 1. The highest BCUT2D eigenvalue weighted by Gasteiger charge is 2.36. The largest absolute Gasteiger partial charge is 0.317 e. The van der Waals surface area contributed by atoms with Crippen molar-refractivity contribution in [2.75, 3.05) is 20.1 Å². The number of sulfonamides is 1. The molecule has 1 fully saturated rings. The second-order valence-corrected chi connectivity index (χ2v) is 8.22. The molecule has 0 spiro atoms. The van der Waals surface area contributed by atoms with Gasteiger partial charge in [-0.3, -0.25) is 0 Å². The van der Waals surface area contributed by atoms with E-state index in [2.05, 4.69) is 5.32 Å². The summed E-state index contributed by atoms with van der Waals surface area (Å²) in [7, 11) is -1.47. The summed E-state index contributed by atoms with van der Waals surface area (Å²) in [5.41, 5.74) is 0. The Morgan fingerprint density at radius 1 is 1.19 bits per heavy atom. The lowest BCUT2D eigenvalue weighted by molar-refractivity contribution is 0.332. The Kier molecular flexibility index (Phi) is 4.37. The summed E-state index contributed by atoms with van der Waals surface area (Å²) in [6, 6.07) is 0.152. The van der Waals surface area contributed by atoms with Gasteiger partial charge in [-0.1, -0.05) is 0 Å². The van der Waals surface area contributed by atoms with Crippen LogP contribution in [0.25, 0.3) is 0 Å². The van der Waals surface area contributed by atoms with E-state index < -0.39 is 14.8 Å². The zero-order valence-corrected chi connectivity index (χ0v) is 11.6. The van der Waals surface area contributed by atoms with Crippen molar-refractivity contribution < 1.29 is 8.42 Å². The summed E-state index contributed by atoms with van der Waals surface area (Å²) in [6.45, 7) is 7.18. The number of nitrogens with zero attached hydrogens (tertiary/aromatic N) is 1. The van der Waals surface area contributed by atoms with Crippen LogP contribution in [0.1, 0.15) is 40.0 Å². The molecule has 4 nitrogen and oxygen atoms in total. The minimum atomic E-state index is -3.19. The van der Waals surface area contributed by atoms with E-state index in [0.29, 0.717) is 0 Å². The van der Waals surface area contributed by atoms with E-state index in [9.17, 15) is 8.42 Å². The van der Waals surface area contributed by atoms with Crippen molar-refractivity contribution in [2.24, 2.45) is 0 Å². The number of hydrogen-bond acceptors (Lipinski definition) is 3. The average Bonchev–Trinajstić information content (AvgIpc) is 2.42. The maximum atomic E-state index is 12.3. The highest BCUT2D eigenvalue weighted by Crippen LogP contribution is 2.24. The standard InChI is InChI=1S/C11H24N2O2S/c1-11(2,3)16(14,15)13(4)10-6-5-8-12-9-7-10/h10,12H,5-9H2,1-4H3. The molecule has 0 aromatic carbocycles. The minimum absolute atomic E-state index is 0.152. The van der Waals surface area contributed by atoms with E-state index in [0.717, 1.165) is 32.4 Å². The smallest absolute Gasteiger partial charge is 0.219 e. The van der Waals surface area contributed by atoms with Crippen molar-refractivity contribution in [3.05, 3.63) is 0 Å². The van der Waals surface area contributed by atoms with Crippen LogP contribution in [0.2, 0.25) is 0 Å². The fourth-order valence-corrected chi connectivity index (χ4v) is 3.46. The predicted molar refractivity (Wildman–Crippen MR) is 66.9 cm³/mol. The molecule has 0 bridgehead atoms. The average molecular weight is 248 g/mol. The Bertz CT molecular complexity index is 311. The molecule has 1 N–H and O–H groups in total. The van der Waals surface area contributed by atoms with Gasteiger partial charge in [-0.2, -0.15) is 0 Å². The van der Waals surface area contributed by atoms with Gasteiger partial charge in [0.2, 0.25) is 10.0 Å².